The highest BCUT2D eigenvalue weighted by Crippen LogP contribution is 2.29. The standard InChI is InChI=1S/C22H26N2O5/c1-3-28-19-10-9-16(15-20(19)29-4-2)21(25)23-18-8-6-5-7-17(18)22(26)24-11-13-27-14-12-24/h5-10,15H,3-4,11-14H2,1-2H3,(H,23,25). The van der Waals surface area contributed by atoms with Crippen LogP contribution in [0, 0.1) is 0 Å². The number of nitrogens with one attached hydrogen (secondary N) is 1. The summed E-state index contributed by atoms with van der Waals surface area (Å²) < 4.78 is 16.4. The number of carbonyl (C=O) groups is 2. The van der Waals surface area contributed by atoms with Gasteiger partial charge in [-0.3, -0.25) is 9.59 Å². The lowest BCUT2D eigenvalue weighted by Crippen LogP contribution is -2.41. The van der Waals surface area contributed by atoms with Crippen LogP contribution in [-0.2, 0) is 4.74 Å². The lowest BCUT2D eigenvalue weighted by molar-refractivity contribution is 0.0303. The minimum Gasteiger partial charge on any atom is -0.490 e. The molecule has 1 N–H and O–H groups in total. The van der Waals surface area contributed by atoms with E-state index in [1.807, 2.05) is 13.8 Å². The number of benzene rings is 2. The molecule has 0 bridgehead atoms. The summed E-state index contributed by atoms with van der Waals surface area (Å²) in [5.74, 6) is 0.663. The number of amides is 2. The fraction of sp³-hybridized carbons (Fsp3) is 0.364. The molecule has 1 aliphatic heterocycles. The average Bonchev–Trinajstić information content (AvgIpc) is 2.76. The maximum absolute atomic E-state index is 12.9. The summed E-state index contributed by atoms with van der Waals surface area (Å²) in [6.07, 6.45) is 0. The third kappa shape index (κ3) is 5.06. The van der Waals surface area contributed by atoms with Crippen LogP contribution in [0.4, 0.5) is 5.69 Å². The number of hydrogen-bond donors (Lipinski definition) is 1. The highest BCUT2D eigenvalue weighted by Gasteiger charge is 2.22. The van der Waals surface area contributed by atoms with Crippen molar-refractivity contribution in [2.75, 3.05) is 44.8 Å². The number of anilines is 1. The molecule has 1 aliphatic rings. The van der Waals surface area contributed by atoms with Gasteiger partial charge < -0.3 is 24.4 Å². The van der Waals surface area contributed by atoms with Crippen molar-refractivity contribution >= 4 is 17.5 Å². The van der Waals surface area contributed by atoms with Gasteiger partial charge in [0, 0.05) is 18.7 Å². The van der Waals surface area contributed by atoms with E-state index in [4.69, 9.17) is 14.2 Å². The van der Waals surface area contributed by atoms with Crippen molar-refractivity contribution in [2.24, 2.45) is 0 Å². The van der Waals surface area contributed by atoms with E-state index in [-0.39, 0.29) is 11.8 Å². The maximum Gasteiger partial charge on any atom is 0.256 e. The number of para-hydroxylation sites is 1. The molecule has 29 heavy (non-hydrogen) atoms. The number of rotatable bonds is 7. The van der Waals surface area contributed by atoms with E-state index in [1.165, 1.54) is 0 Å². The second-order valence-corrected chi connectivity index (χ2v) is 6.43. The first-order valence-corrected chi connectivity index (χ1v) is 9.81. The minimum atomic E-state index is -0.323. The monoisotopic (exact) mass is 398 g/mol. The zero-order valence-electron chi connectivity index (χ0n) is 16.8. The second kappa shape index (κ2) is 9.93. The van der Waals surface area contributed by atoms with Crippen LogP contribution in [-0.4, -0.2) is 56.2 Å². The molecule has 0 atom stereocenters. The van der Waals surface area contributed by atoms with Crippen molar-refractivity contribution in [3.63, 3.8) is 0 Å². The Kier molecular flexibility index (Phi) is 7.08. The van der Waals surface area contributed by atoms with Crippen molar-refractivity contribution in [3.05, 3.63) is 53.6 Å². The SMILES string of the molecule is CCOc1ccc(C(=O)Nc2ccccc2C(=O)N2CCOCC2)cc1OCC. The third-order valence-corrected chi connectivity index (χ3v) is 4.51. The summed E-state index contributed by atoms with van der Waals surface area (Å²) in [5, 5.41) is 2.85. The van der Waals surface area contributed by atoms with Crippen molar-refractivity contribution < 1.29 is 23.8 Å². The Morgan fingerprint density at radius 3 is 2.41 bits per heavy atom. The normalized spacial score (nSPS) is 13.7. The van der Waals surface area contributed by atoms with Gasteiger partial charge >= 0.3 is 0 Å². The van der Waals surface area contributed by atoms with E-state index < -0.39 is 0 Å². The Hall–Kier alpha value is -3.06. The van der Waals surface area contributed by atoms with Crippen LogP contribution in [0.15, 0.2) is 42.5 Å². The number of nitrogens with zero attached hydrogens (tertiary/aromatic N) is 1. The van der Waals surface area contributed by atoms with Gasteiger partial charge in [0.2, 0.25) is 0 Å². The molecule has 2 aromatic carbocycles. The Morgan fingerprint density at radius 1 is 1.00 bits per heavy atom. The molecule has 1 fully saturated rings. The van der Waals surface area contributed by atoms with Crippen LogP contribution in [0.2, 0.25) is 0 Å². The van der Waals surface area contributed by atoms with Crippen LogP contribution < -0.4 is 14.8 Å². The lowest BCUT2D eigenvalue weighted by Gasteiger charge is -2.27. The van der Waals surface area contributed by atoms with Crippen molar-refractivity contribution in [3.8, 4) is 11.5 Å². The maximum atomic E-state index is 12.9. The lowest BCUT2D eigenvalue weighted by atomic mass is 10.1. The first-order valence-electron chi connectivity index (χ1n) is 9.81. The third-order valence-electron chi connectivity index (χ3n) is 4.51. The van der Waals surface area contributed by atoms with E-state index >= 15 is 0 Å². The number of hydrogen-bond acceptors (Lipinski definition) is 5. The van der Waals surface area contributed by atoms with Gasteiger partial charge in [-0.25, -0.2) is 0 Å². The molecule has 2 amide bonds. The Bertz CT molecular complexity index is 862. The molecule has 1 saturated heterocycles. The fourth-order valence-electron chi connectivity index (χ4n) is 3.10. The van der Waals surface area contributed by atoms with Crippen LogP contribution in [0.5, 0.6) is 11.5 Å². The Morgan fingerprint density at radius 2 is 1.69 bits per heavy atom. The second-order valence-electron chi connectivity index (χ2n) is 6.43. The summed E-state index contributed by atoms with van der Waals surface area (Å²) in [6, 6.07) is 12.1. The average molecular weight is 398 g/mol. The van der Waals surface area contributed by atoms with E-state index in [2.05, 4.69) is 5.32 Å². The summed E-state index contributed by atoms with van der Waals surface area (Å²) >= 11 is 0. The van der Waals surface area contributed by atoms with Gasteiger partial charge in [0.25, 0.3) is 11.8 Å². The number of ether oxygens (including phenoxy) is 3. The molecule has 0 aromatic heterocycles. The zero-order chi connectivity index (χ0) is 20.6. The molecule has 154 valence electrons. The van der Waals surface area contributed by atoms with Crippen LogP contribution >= 0.6 is 0 Å². The van der Waals surface area contributed by atoms with Crippen LogP contribution in [0.3, 0.4) is 0 Å². The summed E-state index contributed by atoms with van der Waals surface area (Å²) in [6.45, 7) is 6.84. The highest BCUT2D eigenvalue weighted by molar-refractivity contribution is 6.09. The van der Waals surface area contributed by atoms with Gasteiger partial charge in [-0.15, -0.1) is 0 Å². The van der Waals surface area contributed by atoms with Crippen LogP contribution in [0.25, 0.3) is 0 Å². The molecular weight excluding hydrogens is 372 g/mol. The van der Waals surface area contributed by atoms with Gasteiger partial charge in [0.1, 0.15) is 0 Å². The molecule has 1 heterocycles. The molecule has 0 saturated carbocycles. The molecular formula is C22H26N2O5. The molecule has 0 unspecified atom stereocenters. The minimum absolute atomic E-state index is 0.120. The molecule has 7 nitrogen and oxygen atoms in total. The number of morpholine rings is 1. The van der Waals surface area contributed by atoms with E-state index in [0.717, 1.165) is 0 Å². The van der Waals surface area contributed by atoms with Gasteiger partial charge in [0.15, 0.2) is 11.5 Å². The van der Waals surface area contributed by atoms with Gasteiger partial charge in [0.05, 0.1) is 37.7 Å². The highest BCUT2D eigenvalue weighted by atomic mass is 16.5. The predicted molar refractivity (Wildman–Crippen MR) is 110 cm³/mol. The zero-order valence-corrected chi connectivity index (χ0v) is 16.8. The predicted octanol–water partition coefficient (Wildman–Crippen LogP) is 3.21. The van der Waals surface area contributed by atoms with Gasteiger partial charge in [-0.05, 0) is 44.2 Å². The molecule has 3 rings (SSSR count). The summed E-state index contributed by atoms with van der Waals surface area (Å²) in [7, 11) is 0. The summed E-state index contributed by atoms with van der Waals surface area (Å²) in [5.41, 5.74) is 1.35. The first-order chi connectivity index (χ1) is 14.1. The molecule has 0 spiro atoms. The molecule has 7 heteroatoms. The fourth-order valence-corrected chi connectivity index (χ4v) is 3.10. The van der Waals surface area contributed by atoms with Gasteiger partial charge in [-0.1, -0.05) is 12.1 Å². The van der Waals surface area contributed by atoms with E-state index in [9.17, 15) is 9.59 Å². The van der Waals surface area contributed by atoms with Crippen LogP contribution in [0.1, 0.15) is 34.6 Å². The number of carbonyl (C=O) groups excluding carboxylic acids is 2. The Labute approximate surface area is 170 Å². The topological polar surface area (TPSA) is 77.1 Å². The molecule has 0 aliphatic carbocycles. The van der Waals surface area contributed by atoms with Gasteiger partial charge in [-0.2, -0.15) is 0 Å². The van der Waals surface area contributed by atoms with E-state index in [0.29, 0.717) is 67.8 Å². The van der Waals surface area contributed by atoms with Crippen molar-refractivity contribution in [2.45, 2.75) is 13.8 Å². The Balaban J connectivity index is 1.80. The van der Waals surface area contributed by atoms with Crippen molar-refractivity contribution in [1.82, 2.24) is 4.90 Å². The largest absolute Gasteiger partial charge is 0.490 e. The molecule has 0 radical (unpaired) electrons. The van der Waals surface area contributed by atoms with E-state index in [1.54, 1.807) is 47.4 Å². The quantitative estimate of drug-likeness (QED) is 0.775. The van der Waals surface area contributed by atoms with Crippen molar-refractivity contribution in [1.29, 1.82) is 0 Å². The smallest absolute Gasteiger partial charge is 0.256 e. The first kappa shape index (κ1) is 20.7. The molecule has 2 aromatic rings. The summed E-state index contributed by atoms with van der Waals surface area (Å²) in [4.78, 5) is 27.5.